The number of nitrogens with one attached hydrogen (secondary N) is 2. The monoisotopic (exact) mass is 609 g/mol. The molecule has 4 rings (SSSR count). The Balaban J connectivity index is 1.77. The highest BCUT2D eigenvalue weighted by atomic mass is 35.5. The molecule has 0 saturated carbocycles. The Morgan fingerprint density at radius 2 is 1.38 bits per heavy atom. The van der Waals surface area contributed by atoms with E-state index in [2.05, 4.69) is 15.5 Å². The third-order valence-electron chi connectivity index (χ3n) is 6.97. The van der Waals surface area contributed by atoms with E-state index in [9.17, 15) is 22.0 Å². The normalized spacial score (nSPS) is 16.0. The highest BCUT2D eigenvalue weighted by Gasteiger charge is 2.55. The van der Waals surface area contributed by atoms with Crippen molar-refractivity contribution < 1.29 is 22.0 Å². The van der Waals surface area contributed by atoms with Crippen LogP contribution in [-0.4, -0.2) is 51.3 Å². The second kappa shape index (κ2) is 12.0. The molecule has 1 saturated heterocycles. The van der Waals surface area contributed by atoms with Gasteiger partial charge in [0, 0.05) is 53.5 Å². The molecule has 214 valence electrons. The lowest BCUT2D eigenvalue weighted by Gasteiger charge is -2.56. The van der Waals surface area contributed by atoms with Crippen LogP contribution >= 0.6 is 23.2 Å². The van der Waals surface area contributed by atoms with Crippen LogP contribution < -0.4 is 10.6 Å². The number of carbonyl (C=O) groups is 1. The summed E-state index contributed by atoms with van der Waals surface area (Å²) in [6, 6.07) is 16.6. The maximum atomic E-state index is 14.3. The standard InChI is InChI=1S/C29H31Cl2F2N3O3S/c1-18(2)35-28(37)34-15-29(27(40(3,38)39)21-12-24(32)14-25(33)13-21)16-36(17-29)26(19-4-8-22(30)9-5-19)20-6-10-23(31)11-7-20/h4-14,18,26-27H,15-17H2,1-3H3,(H2,34,35,37). The molecule has 1 atom stereocenters. The van der Waals surface area contributed by atoms with Crippen LogP contribution in [-0.2, 0) is 9.84 Å². The second-order valence-electron chi connectivity index (χ2n) is 10.7. The summed E-state index contributed by atoms with van der Waals surface area (Å²) in [6.45, 7) is 3.99. The summed E-state index contributed by atoms with van der Waals surface area (Å²) in [7, 11) is -3.90. The smallest absolute Gasteiger partial charge is 0.315 e. The van der Waals surface area contributed by atoms with E-state index in [0.29, 0.717) is 16.1 Å². The van der Waals surface area contributed by atoms with Crippen LogP contribution in [0, 0.1) is 17.0 Å². The van der Waals surface area contributed by atoms with Crippen LogP contribution in [0.2, 0.25) is 10.0 Å². The lowest BCUT2D eigenvalue weighted by atomic mass is 9.72. The maximum absolute atomic E-state index is 14.3. The van der Waals surface area contributed by atoms with Gasteiger partial charge in [0.15, 0.2) is 9.84 Å². The fourth-order valence-corrected chi connectivity index (χ4v) is 7.59. The van der Waals surface area contributed by atoms with Crippen LogP contribution in [0.4, 0.5) is 13.6 Å². The fourth-order valence-electron chi connectivity index (χ4n) is 5.57. The number of carbonyl (C=O) groups excluding carboxylic acids is 1. The Bertz CT molecular complexity index is 1400. The van der Waals surface area contributed by atoms with Crippen LogP contribution in [0.5, 0.6) is 0 Å². The minimum Gasteiger partial charge on any atom is -0.337 e. The zero-order valence-electron chi connectivity index (χ0n) is 22.3. The molecule has 0 aromatic heterocycles. The Labute approximate surface area is 243 Å². The molecule has 6 nitrogen and oxygen atoms in total. The van der Waals surface area contributed by atoms with Crippen molar-refractivity contribution in [2.45, 2.75) is 31.2 Å². The highest BCUT2D eigenvalue weighted by Crippen LogP contribution is 2.50. The van der Waals surface area contributed by atoms with Crippen molar-refractivity contribution in [3.63, 3.8) is 0 Å². The summed E-state index contributed by atoms with van der Waals surface area (Å²) in [4.78, 5) is 14.6. The van der Waals surface area contributed by atoms with Crippen LogP contribution in [0.15, 0.2) is 66.7 Å². The average Bonchev–Trinajstić information content (AvgIpc) is 2.81. The van der Waals surface area contributed by atoms with E-state index in [-0.39, 0.29) is 37.3 Å². The summed E-state index contributed by atoms with van der Waals surface area (Å²) in [6.07, 6.45) is 1.05. The quantitative estimate of drug-likeness (QED) is 0.305. The van der Waals surface area contributed by atoms with Crippen molar-refractivity contribution in [1.82, 2.24) is 15.5 Å². The molecule has 1 fully saturated rings. The molecule has 0 bridgehead atoms. The molecule has 40 heavy (non-hydrogen) atoms. The van der Waals surface area contributed by atoms with E-state index in [0.717, 1.165) is 29.5 Å². The van der Waals surface area contributed by atoms with Crippen molar-refractivity contribution in [1.29, 1.82) is 0 Å². The fraction of sp³-hybridized carbons (Fsp3) is 0.345. The predicted molar refractivity (Wildman–Crippen MR) is 154 cm³/mol. The predicted octanol–water partition coefficient (Wildman–Crippen LogP) is 6.16. The van der Waals surface area contributed by atoms with E-state index in [1.807, 2.05) is 24.3 Å². The van der Waals surface area contributed by atoms with Gasteiger partial charge in [0.1, 0.15) is 11.6 Å². The molecule has 2 N–H and O–H groups in total. The minimum absolute atomic E-state index is 0.000235. The van der Waals surface area contributed by atoms with Gasteiger partial charge in [0.2, 0.25) is 0 Å². The first-order valence-electron chi connectivity index (χ1n) is 12.7. The maximum Gasteiger partial charge on any atom is 0.315 e. The Kier molecular flexibility index (Phi) is 9.09. The zero-order chi connectivity index (χ0) is 29.2. The molecule has 1 aliphatic rings. The third-order valence-corrected chi connectivity index (χ3v) is 9.10. The summed E-state index contributed by atoms with van der Waals surface area (Å²) in [5.74, 6) is -1.75. The largest absolute Gasteiger partial charge is 0.337 e. The number of hydrogen-bond acceptors (Lipinski definition) is 4. The van der Waals surface area contributed by atoms with E-state index in [4.69, 9.17) is 23.2 Å². The molecule has 3 aromatic carbocycles. The van der Waals surface area contributed by atoms with Gasteiger partial charge >= 0.3 is 6.03 Å². The number of sulfone groups is 1. The van der Waals surface area contributed by atoms with Gasteiger partial charge in [0.25, 0.3) is 0 Å². The third kappa shape index (κ3) is 6.94. The molecule has 11 heteroatoms. The average molecular weight is 611 g/mol. The molecule has 1 heterocycles. The molecule has 1 unspecified atom stereocenters. The molecule has 1 aliphatic heterocycles. The number of rotatable bonds is 9. The van der Waals surface area contributed by atoms with E-state index < -0.39 is 38.2 Å². The summed E-state index contributed by atoms with van der Waals surface area (Å²) < 4.78 is 55.2. The van der Waals surface area contributed by atoms with Gasteiger partial charge < -0.3 is 10.6 Å². The van der Waals surface area contributed by atoms with E-state index >= 15 is 0 Å². The van der Waals surface area contributed by atoms with Crippen molar-refractivity contribution in [2.75, 3.05) is 25.9 Å². The molecular weight excluding hydrogens is 579 g/mol. The number of halogens is 4. The minimum atomic E-state index is -3.90. The Hall–Kier alpha value is -2.72. The molecule has 0 spiro atoms. The first kappa shape index (κ1) is 30.2. The number of nitrogens with zero attached hydrogens (tertiary/aromatic N) is 1. The van der Waals surface area contributed by atoms with Crippen molar-refractivity contribution in [3.05, 3.63) is 105 Å². The van der Waals surface area contributed by atoms with Crippen molar-refractivity contribution in [3.8, 4) is 0 Å². The molecular formula is C29H31Cl2F2N3O3S. The zero-order valence-corrected chi connectivity index (χ0v) is 24.6. The number of hydrogen-bond donors (Lipinski definition) is 2. The van der Waals surface area contributed by atoms with Gasteiger partial charge in [-0.05, 0) is 66.9 Å². The van der Waals surface area contributed by atoms with Gasteiger partial charge in [-0.3, -0.25) is 4.90 Å². The topological polar surface area (TPSA) is 78.5 Å². The Morgan fingerprint density at radius 3 is 1.80 bits per heavy atom. The van der Waals surface area contributed by atoms with Crippen LogP contribution in [0.25, 0.3) is 0 Å². The number of likely N-dealkylation sites (tertiary alicyclic amines) is 1. The van der Waals surface area contributed by atoms with Gasteiger partial charge in [-0.15, -0.1) is 0 Å². The van der Waals surface area contributed by atoms with E-state index in [1.54, 1.807) is 38.1 Å². The van der Waals surface area contributed by atoms with Crippen LogP contribution in [0.1, 0.15) is 41.8 Å². The first-order valence-corrected chi connectivity index (χ1v) is 15.4. The molecule has 0 aliphatic carbocycles. The van der Waals surface area contributed by atoms with Gasteiger partial charge in [-0.1, -0.05) is 47.5 Å². The van der Waals surface area contributed by atoms with Crippen molar-refractivity contribution >= 4 is 39.1 Å². The lowest BCUT2D eigenvalue weighted by molar-refractivity contribution is -0.0228. The van der Waals surface area contributed by atoms with Gasteiger partial charge in [-0.2, -0.15) is 0 Å². The van der Waals surface area contributed by atoms with Crippen molar-refractivity contribution in [2.24, 2.45) is 5.41 Å². The number of urea groups is 1. The lowest BCUT2D eigenvalue weighted by Crippen LogP contribution is -2.65. The first-order chi connectivity index (χ1) is 18.8. The molecule has 0 radical (unpaired) electrons. The van der Waals surface area contributed by atoms with E-state index in [1.165, 1.54) is 0 Å². The molecule has 2 amide bonds. The van der Waals surface area contributed by atoms with Gasteiger partial charge in [-0.25, -0.2) is 22.0 Å². The molecule has 3 aromatic rings. The SMILES string of the molecule is CC(C)NC(=O)NCC1(C(c2cc(F)cc(F)c2)S(C)(=O)=O)CN(C(c2ccc(Cl)cc2)c2ccc(Cl)cc2)C1. The Morgan fingerprint density at radius 1 is 0.900 bits per heavy atom. The number of benzene rings is 3. The van der Waals surface area contributed by atoms with Gasteiger partial charge in [0.05, 0.1) is 11.3 Å². The summed E-state index contributed by atoms with van der Waals surface area (Å²) in [5, 5.41) is 5.40. The summed E-state index contributed by atoms with van der Waals surface area (Å²) >= 11 is 12.3. The highest BCUT2D eigenvalue weighted by molar-refractivity contribution is 7.91. The van der Waals surface area contributed by atoms with Crippen LogP contribution in [0.3, 0.4) is 0 Å². The number of amides is 2. The summed E-state index contributed by atoms with van der Waals surface area (Å²) in [5.41, 5.74) is 0.747. The second-order valence-corrected chi connectivity index (χ2v) is 13.7.